The van der Waals surface area contributed by atoms with E-state index in [1.165, 1.54) is 11.3 Å². The van der Waals surface area contributed by atoms with Crippen molar-refractivity contribution in [2.45, 2.75) is 45.6 Å². The Balaban J connectivity index is 1.97. The number of aryl methyl sites for hydroxylation is 1. The second-order valence-corrected chi connectivity index (χ2v) is 8.76. The SMILES string of the molecule is Cc1cc2c(cc1/C=C(/C#N)C(=O)Nc1ccccc1Cl)[C@@H](C)CC(C)(C)N2C. The van der Waals surface area contributed by atoms with Crippen LogP contribution in [0.5, 0.6) is 0 Å². The Morgan fingerprint density at radius 3 is 2.69 bits per heavy atom. The number of para-hydroxylation sites is 1. The second kappa shape index (κ2) is 7.93. The maximum Gasteiger partial charge on any atom is 0.266 e. The molecule has 1 aliphatic rings. The molecule has 0 saturated carbocycles. The Morgan fingerprint density at radius 2 is 2.03 bits per heavy atom. The van der Waals surface area contributed by atoms with Crippen molar-refractivity contribution >= 4 is 35.0 Å². The molecule has 2 aromatic rings. The van der Waals surface area contributed by atoms with Gasteiger partial charge in [-0.15, -0.1) is 0 Å². The summed E-state index contributed by atoms with van der Waals surface area (Å²) in [6, 6.07) is 13.3. The molecule has 3 rings (SSSR count). The number of nitrogens with zero attached hydrogens (tertiary/aromatic N) is 2. The van der Waals surface area contributed by atoms with Crippen LogP contribution in [0.2, 0.25) is 5.02 Å². The third-order valence-electron chi connectivity index (χ3n) is 5.81. The summed E-state index contributed by atoms with van der Waals surface area (Å²) in [7, 11) is 2.12. The Kier molecular flexibility index (Phi) is 5.73. The topological polar surface area (TPSA) is 56.1 Å². The molecule has 1 N–H and O–H groups in total. The van der Waals surface area contributed by atoms with Crippen molar-refractivity contribution in [3.8, 4) is 6.07 Å². The van der Waals surface area contributed by atoms with E-state index >= 15 is 0 Å². The lowest BCUT2D eigenvalue weighted by atomic mass is 9.79. The fourth-order valence-electron chi connectivity index (χ4n) is 3.95. The monoisotopic (exact) mass is 407 g/mol. The highest BCUT2D eigenvalue weighted by atomic mass is 35.5. The first kappa shape index (κ1) is 21.0. The Morgan fingerprint density at radius 1 is 1.34 bits per heavy atom. The van der Waals surface area contributed by atoms with E-state index in [-0.39, 0.29) is 11.1 Å². The maximum atomic E-state index is 12.6. The van der Waals surface area contributed by atoms with Gasteiger partial charge in [0.2, 0.25) is 0 Å². The largest absolute Gasteiger partial charge is 0.369 e. The smallest absolute Gasteiger partial charge is 0.266 e. The molecule has 0 fully saturated rings. The number of carbonyl (C=O) groups excluding carboxylic acids is 1. The first-order valence-corrected chi connectivity index (χ1v) is 10.1. The van der Waals surface area contributed by atoms with E-state index in [9.17, 15) is 10.1 Å². The highest BCUT2D eigenvalue weighted by Gasteiger charge is 2.34. The van der Waals surface area contributed by atoms with Gasteiger partial charge in [-0.3, -0.25) is 4.79 Å². The second-order valence-electron chi connectivity index (χ2n) is 8.35. The molecule has 150 valence electrons. The molecule has 0 saturated heterocycles. The summed E-state index contributed by atoms with van der Waals surface area (Å²) in [6.45, 7) is 8.74. The first-order valence-electron chi connectivity index (χ1n) is 9.70. The molecule has 5 heteroatoms. The standard InChI is InChI=1S/C24H26ClN3O/c1-15-10-22-19(16(2)13-24(3,4)28(22)5)12-17(15)11-18(14-26)23(29)27-21-9-7-6-8-20(21)25/h6-12,16H,13H2,1-5H3,(H,27,29)/b18-11-/t16-/m0/s1. The molecule has 0 spiro atoms. The molecule has 1 heterocycles. The van der Waals surface area contributed by atoms with E-state index in [2.05, 4.69) is 50.2 Å². The third-order valence-corrected chi connectivity index (χ3v) is 6.14. The van der Waals surface area contributed by atoms with Gasteiger partial charge in [-0.25, -0.2) is 0 Å². The lowest BCUT2D eigenvalue weighted by molar-refractivity contribution is -0.112. The number of hydrogen-bond donors (Lipinski definition) is 1. The minimum atomic E-state index is -0.468. The Bertz CT molecular complexity index is 1030. The minimum Gasteiger partial charge on any atom is -0.369 e. The van der Waals surface area contributed by atoms with Gasteiger partial charge in [-0.2, -0.15) is 5.26 Å². The fraction of sp³-hybridized carbons (Fsp3) is 0.333. The van der Waals surface area contributed by atoms with E-state index in [4.69, 9.17) is 11.6 Å². The van der Waals surface area contributed by atoms with Gasteiger partial charge in [-0.1, -0.05) is 30.7 Å². The van der Waals surface area contributed by atoms with Crippen LogP contribution in [0.1, 0.15) is 49.8 Å². The van der Waals surface area contributed by atoms with Crippen LogP contribution in [0.15, 0.2) is 42.0 Å². The number of halogens is 1. The normalized spacial score (nSPS) is 18.0. The number of fused-ring (bicyclic) bond motifs is 1. The summed E-state index contributed by atoms with van der Waals surface area (Å²) in [5.74, 6) is -0.0736. The lowest BCUT2D eigenvalue weighted by Gasteiger charge is -2.45. The van der Waals surface area contributed by atoms with Crippen molar-refractivity contribution in [2.75, 3.05) is 17.3 Å². The number of rotatable bonds is 3. The Labute approximate surface area is 177 Å². The number of benzene rings is 2. The molecule has 4 nitrogen and oxygen atoms in total. The fourth-order valence-corrected chi connectivity index (χ4v) is 4.13. The number of nitrogens with one attached hydrogen (secondary N) is 1. The van der Waals surface area contributed by atoms with Crippen LogP contribution in [0.4, 0.5) is 11.4 Å². The van der Waals surface area contributed by atoms with Crippen LogP contribution in [0.3, 0.4) is 0 Å². The van der Waals surface area contributed by atoms with Crippen molar-refractivity contribution in [2.24, 2.45) is 0 Å². The van der Waals surface area contributed by atoms with Crippen molar-refractivity contribution in [1.29, 1.82) is 5.26 Å². The first-order chi connectivity index (χ1) is 13.6. The zero-order valence-corrected chi connectivity index (χ0v) is 18.3. The average Bonchev–Trinajstić information content (AvgIpc) is 2.66. The molecule has 2 aromatic carbocycles. The molecular formula is C24H26ClN3O. The van der Waals surface area contributed by atoms with E-state index in [0.717, 1.165) is 17.5 Å². The van der Waals surface area contributed by atoms with Crippen molar-refractivity contribution in [1.82, 2.24) is 0 Å². The molecule has 1 aliphatic heterocycles. The molecule has 0 unspecified atom stereocenters. The van der Waals surface area contributed by atoms with Gasteiger partial charge in [-0.05, 0) is 80.1 Å². The van der Waals surface area contributed by atoms with Gasteiger partial charge in [0.15, 0.2) is 0 Å². The summed E-state index contributed by atoms with van der Waals surface area (Å²) in [5, 5.41) is 12.7. The molecule has 29 heavy (non-hydrogen) atoms. The summed E-state index contributed by atoms with van der Waals surface area (Å²) in [5.41, 5.74) is 4.98. The van der Waals surface area contributed by atoms with Crippen LogP contribution in [0.25, 0.3) is 6.08 Å². The van der Waals surface area contributed by atoms with Gasteiger partial charge in [0.05, 0.1) is 10.7 Å². The minimum absolute atomic E-state index is 0.0464. The van der Waals surface area contributed by atoms with Gasteiger partial charge >= 0.3 is 0 Å². The molecule has 1 atom stereocenters. The summed E-state index contributed by atoms with van der Waals surface area (Å²) < 4.78 is 0. The van der Waals surface area contributed by atoms with Crippen LogP contribution >= 0.6 is 11.6 Å². The predicted molar refractivity (Wildman–Crippen MR) is 120 cm³/mol. The summed E-state index contributed by atoms with van der Waals surface area (Å²) in [4.78, 5) is 15.0. The van der Waals surface area contributed by atoms with E-state index in [0.29, 0.717) is 16.6 Å². The van der Waals surface area contributed by atoms with E-state index in [1.807, 2.05) is 13.0 Å². The zero-order valence-electron chi connectivity index (χ0n) is 17.5. The molecule has 0 aliphatic carbocycles. The van der Waals surface area contributed by atoms with Crippen LogP contribution in [-0.2, 0) is 4.79 Å². The van der Waals surface area contributed by atoms with Crippen LogP contribution < -0.4 is 10.2 Å². The number of nitriles is 1. The predicted octanol–water partition coefficient (Wildman–Crippen LogP) is 5.92. The number of carbonyl (C=O) groups is 1. The third kappa shape index (κ3) is 4.16. The molecule has 0 radical (unpaired) electrons. The van der Waals surface area contributed by atoms with Gasteiger partial charge < -0.3 is 10.2 Å². The number of hydrogen-bond acceptors (Lipinski definition) is 3. The van der Waals surface area contributed by atoms with E-state index < -0.39 is 5.91 Å². The van der Waals surface area contributed by atoms with Crippen LogP contribution in [0, 0.1) is 18.3 Å². The average molecular weight is 408 g/mol. The summed E-state index contributed by atoms with van der Waals surface area (Å²) >= 11 is 6.11. The molecule has 0 aromatic heterocycles. The highest BCUT2D eigenvalue weighted by Crippen LogP contribution is 2.43. The maximum absolute atomic E-state index is 12.6. The Hall–Kier alpha value is -2.77. The molecular weight excluding hydrogens is 382 g/mol. The van der Waals surface area contributed by atoms with Crippen molar-refractivity contribution < 1.29 is 4.79 Å². The summed E-state index contributed by atoms with van der Waals surface area (Å²) in [6.07, 6.45) is 2.70. The number of amides is 1. The highest BCUT2D eigenvalue weighted by molar-refractivity contribution is 6.34. The van der Waals surface area contributed by atoms with E-state index in [1.54, 1.807) is 30.3 Å². The molecule has 0 bridgehead atoms. The van der Waals surface area contributed by atoms with Crippen LogP contribution in [-0.4, -0.2) is 18.5 Å². The van der Waals surface area contributed by atoms with Crippen molar-refractivity contribution in [3.05, 3.63) is 63.7 Å². The quantitative estimate of drug-likeness (QED) is 0.507. The van der Waals surface area contributed by atoms with Gasteiger partial charge in [0.1, 0.15) is 11.6 Å². The lowest BCUT2D eigenvalue weighted by Crippen LogP contribution is -2.45. The van der Waals surface area contributed by atoms with Gasteiger partial charge in [0.25, 0.3) is 5.91 Å². The van der Waals surface area contributed by atoms with Crippen molar-refractivity contribution in [3.63, 3.8) is 0 Å². The zero-order chi connectivity index (χ0) is 21.3. The van der Waals surface area contributed by atoms with Gasteiger partial charge in [0, 0.05) is 18.3 Å². The number of anilines is 2. The molecule has 1 amide bonds.